The molecule has 0 radical (unpaired) electrons. The highest BCUT2D eigenvalue weighted by molar-refractivity contribution is 5.72. The largest absolute Gasteiger partial charge is 0.480 e. The van der Waals surface area contributed by atoms with Gasteiger partial charge in [-0.25, -0.2) is 8.78 Å². The predicted octanol–water partition coefficient (Wildman–Crippen LogP) is 2.43. The molecule has 0 amide bonds. The normalized spacial score (nSPS) is 14.7. The first-order valence-electron chi connectivity index (χ1n) is 5.24. The summed E-state index contributed by atoms with van der Waals surface area (Å²) in [5.74, 6) is -2.30. The number of aliphatic carboxylic acids is 1. The van der Waals surface area contributed by atoms with Gasteiger partial charge in [0.2, 0.25) is 0 Å². The van der Waals surface area contributed by atoms with E-state index in [0.29, 0.717) is 0 Å². The van der Waals surface area contributed by atoms with Crippen LogP contribution in [0.5, 0.6) is 0 Å². The van der Waals surface area contributed by atoms with Crippen LogP contribution in [0.15, 0.2) is 18.2 Å². The van der Waals surface area contributed by atoms with Crippen molar-refractivity contribution in [3.63, 3.8) is 0 Å². The van der Waals surface area contributed by atoms with Crippen LogP contribution >= 0.6 is 0 Å². The minimum absolute atomic E-state index is 0.280. The molecule has 1 aromatic carbocycles. The molecule has 0 aliphatic heterocycles. The van der Waals surface area contributed by atoms with Crippen molar-refractivity contribution in [3.8, 4) is 0 Å². The Hall–Kier alpha value is -1.49. The smallest absolute Gasteiger partial charge is 0.320 e. The van der Waals surface area contributed by atoms with Crippen molar-refractivity contribution in [1.82, 2.24) is 4.90 Å². The second kappa shape index (κ2) is 5.23. The molecule has 0 saturated heterocycles. The number of hydrogen-bond acceptors (Lipinski definition) is 2. The number of carboxylic acids is 1. The number of carbonyl (C=O) groups is 1. The summed E-state index contributed by atoms with van der Waals surface area (Å²) < 4.78 is 26.3. The van der Waals surface area contributed by atoms with Crippen molar-refractivity contribution >= 4 is 5.97 Å². The number of halogens is 2. The lowest BCUT2D eigenvalue weighted by molar-refractivity contribution is -0.142. The standard InChI is InChI=1S/C12H15F2NO2/c1-7(15(3)8(2)12(16)17)10-5-4-9(13)6-11(10)14/h4-8H,1-3H3,(H,16,17). The van der Waals surface area contributed by atoms with Crippen LogP contribution in [0.2, 0.25) is 0 Å². The van der Waals surface area contributed by atoms with Gasteiger partial charge in [0.1, 0.15) is 17.7 Å². The first-order chi connectivity index (χ1) is 7.84. The van der Waals surface area contributed by atoms with Crippen molar-refractivity contribution in [1.29, 1.82) is 0 Å². The molecule has 0 aliphatic rings. The molecule has 1 rings (SSSR count). The van der Waals surface area contributed by atoms with Crippen molar-refractivity contribution < 1.29 is 18.7 Å². The average molecular weight is 243 g/mol. The van der Waals surface area contributed by atoms with Gasteiger partial charge in [-0.15, -0.1) is 0 Å². The summed E-state index contributed by atoms with van der Waals surface area (Å²) in [6.45, 7) is 3.19. The van der Waals surface area contributed by atoms with Gasteiger partial charge in [0, 0.05) is 17.7 Å². The van der Waals surface area contributed by atoms with E-state index in [1.54, 1.807) is 14.0 Å². The zero-order chi connectivity index (χ0) is 13.2. The van der Waals surface area contributed by atoms with Crippen LogP contribution in [0, 0.1) is 11.6 Å². The molecule has 1 aromatic rings. The van der Waals surface area contributed by atoms with Crippen LogP contribution in [0.1, 0.15) is 25.5 Å². The molecule has 0 aromatic heterocycles. The average Bonchev–Trinajstić information content (AvgIpc) is 2.26. The van der Waals surface area contributed by atoms with Gasteiger partial charge in [-0.1, -0.05) is 6.07 Å². The molecule has 0 spiro atoms. The minimum Gasteiger partial charge on any atom is -0.480 e. The fourth-order valence-electron chi connectivity index (χ4n) is 1.57. The van der Waals surface area contributed by atoms with Crippen LogP contribution < -0.4 is 0 Å². The van der Waals surface area contributed by atoms with Gasteiger partial charge >= 0.3 is 5.97 Å². The van der Waals surface area contributed by atoms with Crippen LogP contribution in [0.3, 0.4) is 0 Å². The van der Waals surface area contributed by atoms with Gasteiger partial charge in [-0.3, -0.25) is 9.69 Å². The van der Waals surface area contributed by atoms with E-state index < -0.39 is 29.7 Å². The molecule has 0 heterocycles. The Morgan fingerprint density at radius 1 is 1.35 bits per heavy atom. The Bertz CT molecular complexity index is 423. The Morgan fingerprint density at radius 3 is 2.41 bits per heavy atom. The Balaban J connectivity index is 2.96. The topological polar surface area (TPSA) is 40.5 Å². The maximum atomic E-state index is 13.5. The Labute approximate surface area is 98.7 Å². The van der Waals surface area contributed by atoms with E-state index in [0.717, 1.165) is 12.1 Å². The third kappa shape index (κ3) is 3.00. The molecule has 0 fully saturated rings. The number of nitrogens with zero attached hydrogens (tertiary/aromatic N) is 1. The van der Waals surface area contributed by atoms with E-state index in [2.05, 4.69) is 0 Å². The van der Waals surface area contributed by atoms with E-state index in [1.165, 1.54) is 17.9 Å². The van der Waals surface area contributed by atoms with Crippen molar-refractivity contribution in [2.75, 3.05) is 7.05 Å². The molecule has 5 heteroatoms. The van der Waals surface area contributed by atoms with Crippen molar-refractivity contribution in [3.05, 3.63) is 35.4 Å². The van der Waals surface area contributed by atoms with E-state index in [1.807, 2.05) is 0 Å². The molecule has 94 valence electrons. The highest BCUT2D eigenvalue weighted by Crippen LogP contribution is 2.24. The highest BCUT2D eigenvalue weighted by Gasteiger charge is 2.24. The summed E-state index contributed by atoms with van der Waals surface area (Å²) in [7, 11) is 1.59. The lowest BCUT2D eigenvalue weighted by Gasteiger charge is -2.28. The Kier molecular flexibility index (Phi) is 4.17. The summed E-state index contributed by atoms with van der Waals surface area (Å²) >= 11 is 0. The van der Waals surface area contributed by atoms with E-state index in [9.17, 15) is 13.6 Å². The number of likely N-dealkylation sites (N-methyl/N-ethyl adjacent to an activating group) is 1. The zero-order valence-electron chi connectivity index (χ0n) is 9.95. The second-order valence-corrected chi connectivity index (χ2v) is 4.02. The first-order valence-corrected chi connectivity index (χ1v) is 5.24. The van der Waals surface area contributed by atoms with Crippen LogP contribution in [0.4, 0.5) is 8.78 Å². The van der Waals surface area contributed by atoms with Gasteiger partial charge in [0.25, 0.3) is 0 Å². The van der Waals surface area contributed by atoms with Crippen molar-refractivity contribution in [2.45, 2.75) is 25.9 Å². The van der Waals surface area contributed by atoms with E-state index >= 15 is 0 Å². The first kappa shape index (κ1) is 13.6. The lowest BCUT2D eigenvalue weighted by Crippen LogP contribution is -2.37. The minimum atomic E-state index is -0.984. The third-order valence-electron chi connectivity index (χ3n) is 2.99. The molecule has 0 saturated carbocycles. The molecular formula is C12H15F2NO2. The summed E-state index contributed by atoms with van der Waals surface area (Å²) in [5, 5.41) is 8.87. The number of carboxylic acid groups (broad SMARTS) is 1. The fourth-order valence-corrected chi connectivity index (χ4v) is 1.57. The van der Waals surface area contributed by atoms with Gasteiger partial charge in [0.15, 0.2) is 0 Å². The monoisotopic (exact) mass is 243 g/mol. The summed E-state index contributed by atoms with van der Waals surface area (Å²) in [6, 6.07) is 2.11. The van der Waals surface area contributed by atoms with Crippen LogP contribution in [0.25, 0.3) is 0 Å². The maximum Gasteiger partial charge on any atom is 0.320 e. The number of hydrogen-bond donors (Lipinski definition) is 1. The lowest BCUT2D eigenvalue weighted by atomic mass is 10.1. The van der Waals surface area contributed by atoms with Gasteiger partial charge in [-0.05, 0) is 27.0 Å². The molecule has 17 heavy (non-hydrogen) atoms. The Morgan fingerprint density at radius 2 is 1.94 bits per heavy atom. The molecule has 0 aliphatic carbocycles. The SMILES string of the molecule is CC(C(=O)O)N(C)C(C)c1ccc(F)cc1F. The summed E-state index contributed by atoms with van der Waals surface area (Å²) in [4.78, 5) is 12.3. The molecule has 2 unspecified atom stereocenters. The van der Waals surface area contributed by atoms with E-state index in [4.69, 9.17) is 5.11 Å². The number of benzene rings is 1. The van der Waals surface area contributed by atoms with Crippen LogP contribution in [-0.2, 0) is 4.79 Å². The maximum absolute atomic E-state index is 13.5. The van der Waals surface area contributed by atoms with Crippen LogP contribution in [-0.4, -0.2) is 29.1 Å². The van der Waals surface area contributed by atoms with Gasteiger partial charge in [-0.2, -0.15) is 0 Å². The molecular weight excluding hydrogens is 228 g/mol. The highest BCUT2D eigenvalue weighted by atomic mass is 19.1. The molecule has 2 atom stereocenters. The van der Waals surface area contributed by atoms with Crippen molar-refractivity contribution in [2.24, 2.45) is 0 Å². The summed E-state index contributed by atoms with van der Waals surface area (Å²) in [6.07, 6.45) is 0. The third-order valence-corrected chi connectivity index (χ3v) is 2.99. The fraction of sp³-hybridized carbons (Fsp3) is 0.417. The number of rotatable bonds is 4. The quantitative estimate of drug-likeness (QED) is 0.883. The molecule has 0 bridgehead atoms. The summed E-state index contributed by atoms with van der Waals surface area (Å²) in [5.41, 5.74) is 0.280. The second-order valence-electron chi connectivity index (χ2n) is 4.02. The van der Waals surface area contributed by atoms with Gasteiger partial charge < -0.3 is 5.11 Å². The van der Waals surface area contributed by atoms with Gasteiger partial charge in [0.05, 0.1) is 0 Å². The predicted molar refractivity (Wildman–Crippen MR) is 59.6 cm³/mol. The zero-order valence-corrected chi connectivity index (χ0v) is 9.95. The molecule has 1 N–H and O–H groups in total. The molecule has 3 nitrogen and oxygen atoms in total. The van der Waals surface area contributed by atoms with E-state index in [-0.39, 0.29) is 5.56 Å².